The maximum Gasteiger partial charge on any atom is 0.251 e. The second-order valence-corrected chi connectivity index (χ2v) is 14.0. The summed E-state index contributed by atoms with van der Waals surface area (Å²) < 4.78 is 25.9. The number of aliphatic hydroxyl groups excluding tert-OH is 1. The van der Waals surface area contributed by atoms with E-state index in [0.717, 1.165) is 32.9 Å². The van der Waals surface area contributed by atoms with Crippen LogP contribution in [0.15, 0.2) is 97.3 Å². The molecule has 11 nitrogen and oxygen atoms in total. The quantitative estimate of drug-likeness (QED) is 0.150. The second-order valence-electron chi connectivity index (χ2n) is 12.0. The van der Waals surface area contributed by atoms with Gasteiger partial charge in [0.05, 0.1) is 42.0 Å². The number of hydrogen-bond donors (Lipinski definition) is 4. The molecule has 48 heavy (non-hydrogen) atoms. The molecule has 4 N–H and O–H groups in total. The summed E-state index contributed by atoms with van der Waals surface area (Å²) in [6, 6.07) is 24.1. The Hall–Kier alpha value is -4.78. The van der Waals surface area contributed by atoms with Crippen molar-refractivity contribution >= 4 is 33.2 Å². The van der Waals surface area contributed by atoms with E-state index in [1.165, 1.54) is 25.2 Å². The van der Waals surface area contributed by atoms with E-state index in [4.69, 9.17) is 0 Å². The van der Waals surface area contributed by atoms with E-state index >= 15 is 0 Å². The smallest absolute Gasteiger partial charge is 0.251 e. The van der Waals surface area contributed by atoms with E-state index < -0.39 is 34.0 Å². The minimum Gasteiger partial charge on any atom is -0.390 e. The van der Waals surface area contributed by atoms with Crippen molar-refractivity contribution in [2.75, 3.05) is 43.1 Å². The van der Waals surface area contributed by atoms with E-state index in [-0.39, 0.29) is 29.4 Å². The zero-order valence-corrected chi connectivity index (χ0v) is 28.7. The average Bonchev–Trinajstić information content (AvgIpc) is 3.07. The van der Waals surface area contributed by atoms with E-state index in [2.05, 4.69) is 20.9 Å². The molecule has 3 aromatic carbocycles. The number of carbonyl (C=O) groups excluding carboxylic acids is 2. The fraction of sp³-hybridized carbons (Fsp3) is 0.306. The van der Waals surface area contributed by atoms with Crippen LogP contribution in [0.5, 0.6) is 0 Å². The Bertz CT molecular complexity index is 1790. The van der Waals surface area contributed by atoms with Crippen LogP contribution >= 0.6 is 0 Å². The van der Waals surface area contributed by atoms with Crippen LogP contribution in [-0.2, 0) is 23.0 Å². The fourth-order valence-electron chi connectivity index (χ4n) is 5.08. The third-order valence-corrected chi connectivity index (χ3v) is 9.21. The lowest BCUT2D eigenvalue weighted by Gasteiger charge is -2.26. The van der Waals surface area contributed by atoms with Gasteiger partial charge in [-0.15, -0.1) is 0 Å². The van der Waals surface area contributed by atoms with Gasteiger partial charge in [0.2, 0.25) is 10.0 Å². The summed E-state index contributed by atoms with van der Waals surface area (Å²) in [5, 5.41) is 20.5. The van der Waals surface area contributed by atoms with E-state index in [0.29, 0.717) is 13.0 Å². The summed E-state index contributed by atoms with van der Waals surface area (Å²) in [4.78, 5) is 33.5. The van der Waals surface area contributed by atoms with Gasteiger partial charge in [0.1, 0.15) is 0 Å². The van der Waals surface area contributed by atoms with Gasteiger partial charge in [-0.3, -0.25) is 18.9 Å². The molecular weight excluding hydrogens is 629 g/mol. The summed E-state index contributed by atoms with van der Waals surface area (Å²) in [6.07, 6.45) is 3.91. The van der Waals surface area contributed by atoms with E-state index in [1.807, 2.05) is 92.6 Å². The number of nitrogens with one attached hydrogen (secondary N) is 3. The van der Waals surface area contributed by atoms with Gasteiger partial charge in [-0.2, -0.15) is 0 Å². The van der Waals surface area contributed by atoms with Crippen LogP contribution in [0.25, 0.3) is 0 Å². The Balaban J connectivity index is 1.57. The largest absolute Gasteiger partial charge is 0.390 e. The predicted octanol–water partition coefficient (Wildman–Crippen LogP) is 3.53. The number of rotatable bonds is 15. The molecule has 0 radical (unpaired) electrons. The number of amides is 2. The highest BCUT2D eigenvalue weighted by Gasteiger charge is 2.25. The van der Waals surface area contributed by atoms with Crippen molar-refractivity contribution in [3.63, 3.8) is 0 Å². The fourth-order valence-corrected chi connectivity index (χ4v) is 5.56. The topological polar surface area (TPSA) is 144 Å². The minimum atomic E-state index is -3.71. The first-order valence-electron chi connectivity index (χ1n) is 15.6. The van der Waals surface area contributed by atoms with Crippen LogP contribution in [0.2, 0.25) is 0 Å². The Labute approximate surface area is 283 Å². The number of aromatic nitrogens is 1. The molecule has 1 heterocycles. The summed E-state index contributed by atoms with van der Waals surface area (Å²) in [5.74, 6) is -1.03. The van der Waals surface area contributed by atoms with Crippen molar-refractivity contribution in [3.05, 3.63) is 125 Å². The highest BCUT2D eigenvalue weighted by atomic mass is 32.2. The zero-order valence-electron chi connectivity index (χ0n) is 27.9. The molecule has 0 bridgehead atoms. The van der Waals surface area contributed by atoms with E-state index in [1.54, 1.807) is 12.4 Å². The lowest BCUT2D eigenvalue weighted by atomic mass is 10.00. The molecule has 254 valence electrons. The van der Waals surface area contributed by atoms with Crippen molar-refractivity contribution in [1.82, 2.24) is 20.9 Å². The molecule has 0 aliphatic rings. The van der Waals surface area contributed by atoms with Crippen molar-refractivity contribution in [3.8, 4) is 0 Å². The number of pyridine rings is 1. The van der Waals surface area contributed by atoms with E-state index in [9.17, 15) is 23.1 Å². The molecule has 3 atom stereocenters. The molecule has 0 aliphatic heterocycles. The minimum absolute atomic E-state index is 0.0744. The number of anilines is 2. The highest BCUT2D eigenvalue weighted by Crippen LogP contribution is 2.22. The predicted molar refractivity (Wildman–Crippen MR) is 190 cm³/mol. The van der Waals surface area contributed by atoms with Gasteiger partial charge in [0.15, 0.2) is 0 Å². The number of hydrogen-bond acceptors (Lipinski definition) is 8. The monoisotopic (exact) mass is 672 g/mol. The van der Waals surface area contributed by atoms with Crippen molar-refractivity contribution in [2.24, 2.45) is 0 Å². The third-order valence-electron chi connectivity index (χ3n) is 8.01. The molecule has 12 heteroatoms. The van der Waals surface area contributed by atoms with Crippen molar-refractivity contribution < 1.29 is 23.1 Å². The molecule has 2 amide bonds. The number of sulfonamides is 1. The first-order valence-corrected chi connectivity index (χ1v) is 17.5. The van der Waals surface area contributed by atoms with Crippen molar-refractivity contribution in [1.29, 1.82) is 0 Å². The van der Waals surface area contributed by atoms with Crippen LogP contribution in [0.1, 0.15) is 50.4 Å². The third kappa shape index (κ3) is 10.1. The lowest BCUT2D eigenvalue weighted by Crippen LogP contribution is -2.48. The molecule has 0 saturated heterocycles. The summed E-state index contributed by atoms with van der Waals surface area (Å²) in [5.41, 5.74) is 4.04. The number of carbonyl (C=O) groups is 2. The van der Waals surface area contributed by atoms with Crippen LogP contribution in [0, 0.1) is 0 Å². The summed E-state index contributed by atoms with van der Waals surface area (Å²) in [7, 11) is 1.52. The van der Waals surface area contributed by atoms with Crippen LogP contribution in [0.4, 0.5) is 11.4 Å². The summed E-state index contributed by atoms with van der Waals surface area (Å²) >= 11 is 0. The van der Waals surface area contributed by atoms with Crippen LogP contribution in [0.3, 0.4) is 0 Å². The normalized spacial score (nSPS) is 13.2. The molecule has 0 unspecified atom stereocenters. The van der Waals surface area contributed by atoms with Gasteiger partial charge in [0.25, 0.3) is 11.8 Å². The van der Waals surface area contributed by atoms with Gasteiger partial charge in [0, 0.05) is 51.6 Å². The molecule has 4 aromatic rings. The number of benzene rings is 3. The van der Waals surface area contributed by atoms with Gasteiger partial charge in [-0.05, 0) is 54.3 Å². The Morgan fingerprint density at radius 1 is 0.812 bits per heavy atom. The first kappa shape index (κ1) is 36.1. The van der Waals surface area contributed by atoms with Crippen LogP contribution < -0.4 is 25.2 Å². The van der Waals surface area contributed by atoms with Crippen molar-refractivity contribution in [2.45, 2.75) is 38.1 Å². The van der Waals surface area contributed by atoms with Crippen LogP contribution in [-0.4, -0.2) is 76.4 Å². The second kappa shape index (κ2) is 16.4. The molecule has 4 rings (SSSR count). The number of aliphatic hydroxyl groups is 1. The lowest BCUT2D eigenvalue weighted by molar-refractivity contribution is 0.0830. The Kier molecular flexibility index (Phi) is 12.3. The Morgan fingerprint density at radius 2 is 1.42 bits per heavy atom. The SMILES string of the molecule is C[C@@H](NC(=O)c1cc(C(=O)N[C@@H](Cc2ccccc2)[C@H](O)CNCc2cncc(N(C)C)c2)cc(N(C)S(C)(=O)=O)c1)c1ccccc1. The Morgan fingerprint density at radius 3 is 2.02 bits per heavy atom. The first-order chi connectivity index (χ1) is 22.8. The van der Waals surface area contributed by atoms with Gasteiger partial charge >= 0.3 is 0 Å². The molecule has 0 saturated carbocycles. The maximum absolute atomic E-state index is 13.8. The molecular formula is C36H44N6O5S. The average molecular weight is 673 g/mol. The number of nitrogens with zero attached hydrogens (tertiary/aromatic N) is 3. The molecule has 0 fully saturated rings. The molecule has 0 aliphatic carbocycles. The standard InChI is InChI=1S/C36H44N6O5S/c1-25(28-14-10-7-11-15-28)39-35(44)29-18-30(20-31(19-29)42(4)48(5,46)47)36(45)40-33(17-26-12-8-6-9-13-26)34(43)24-38-22-27-16-32(41(2)3)23-37-21-27/h6-16,18-21,23,25,33-34,38,43H,17,22,24H2,1-5H3,(H,39,44)(H,40,45)/t25-,33+,34-/m1/s1. The summed E-state index contributed by atoms with van der Waals surface area (Å²) in [6.45, 7) is 2.47. The van der Waals surface area contributed by atoms with Gasteiger partial charge in [-0.25, -0.2) is 8.42 Å². The molecule has 1 aromatic heterocycles. The highest BCUT2D eigenvalue weighted by molar-refractivity contribution is 7.92. The molecule has 0 spiro atoms. The maximum atomic E-state index is 13.8. The van der Waals surface area contributed by atoms with Gasteiger partial charge < -0.3 is 26.0 Å². The van der Waals surface area contributed by atoms with Gasteiger partial charge in [-0.1, -0.05) is 60.7 Å². The zero-order chi connectivity index (χ0) is 34.8.